The van der Waals surface area contributed by atoms with E-state index < -0.39 is 29.8 Å². The zero-order valence-electron chi connectivity index (χ0n) is 15.6. The van der Waals surface area contributed by atoms with Crippen molar-refractivity contribution in [2.24, 2.45) is 0 Å². The molecule has 2 amide bonds. The average molecular weight is 412 g/mol. The van der Waals surface area contributed by atoms with Crippen molar-refractivity contribution in [3.8, 4) is 17.2 Å². The molecule has 1 atom stereocenters. The first-order valence-electron chi connectivity index (χ1n) is 8.53. The zero-order chi connectivity index (χ0) is 21.4. The molecule has 0 aliphatic rings. The van der Waals surface area contributed by atoms with Crippen molar-refractivity contribution in [3.05, 3.63) is 54.1 Å². The topological polar surface area (TPSA) is 85.9 Å². The molecule has 2 aromatic carbocycles. The summed E-state index contributed by atoms with van der Waals surface area (Å²) in [5, 5.41) is 0. The molecule has 29 heavy (non-hydrogen) atoms. The van der Waals surface area contributed by atoms with E-state index in [4.69, 9.17) is 9.47 Å². The summed E-state index contributed by atoms with van der Waals surface area (Å²) in [6, 6.07) is 10.4. The van der Waals surface area contributed by atoms with E-state index in [1.165, 1.54) is 43.3 Å². The predicted molar refractivity (Wildman–Crippen MR) is 96.4 cm³/mol. The van der Waals surface area contributed by atoms with Crippen molar-refractivity contribution in [1.29, 1.82) is 0 Å². The van der Waals surface area contributed by atoms with Gasteiger partial charge in [-0.1, -0.05) is 0 Å². The molecule has 156 valence electrons. The SMILES string of the molecule is CCOC(=O)NNC(=O)C(C)Oc1ccc(Oc2ccc(C(F)(F)F)cc2)cc1. The van der Waals surface area contributed by atoms with E-state index >= 15 is 0 Å². The minimum Gasteiger partial charge on any atom is -0.481 e. The van der Waals surface area contributed by atoms with Gasteiger partial charge < -0.3 is 14.2 Å². The van der Waals surface area contributed by atoms with Crippen LogP contribution in [0.1, 0.15) is 19.4 Å². The molecule has 0 aromatic heterocycles. The van der Waals surface area contributed by atoms with Gasteiger partial charge in [-0.2, -0.15) is 13.2 Å². The van der Waals surface area contributed by atoms with Gasteiger partial charge in [-0.15, -0.1) is 0 Å². The summed E-state index contributed by atoms with van der Waals surface area (Å²) < 4.78 is 53.2. The Balaban J connectivity index is 1.88. The molecule has 0 saturated carbocycles. The molecule has 0 fully saturated rings. The molecule has 0 aliphatic carbocycles. The quantitative estimate of drug-likeness (QED) is 0.700. The molecular weight excluding hydrogens is 393 g/mol. The smallest absolute Gasteiger partial charge is 0.426 e. The Morgan fingerprint density at radius 2 is 1.45 bits per heavy atom. The highest BCUT2D eigenvalue weighted by molar-refractivity contribution is 5.82. The molecule has 2 N–H and O–H groups in total. The third-order valence-electron chi connectivity index (χ3n) is 3.49. The first-order valence-corrected chi connectivity index (χ1v) is 8.53. The molecule has 0 radical (unpaired) electrons. The summed E-state index contributed by atoms with van der Waals surface area (Å²) in [6.45, 7) is 3.27. The summed E-state index contributed by atoms with van der Waals surface area (Å²) >= 11 is 0. The zero-order valence-corrected chi connectivity index (χ0v) is 15.6. The number of hydrazine groups is 1. The van der Waals surface area contributed by atoms with Crippen LogP contribution in [0.2, 0.25) is 0 Å². The van der Waals surface area contributed by atoms with E-state index in [1.807, 2.05) is 0 Å². The van der Waals surface area contributed by atoms with Gasteiger partial charge in [-0.25, -0.2) is 10.2 Å². The molecular formula is C19H19F3N2O5. The van der Waals surface area contributed by atoms with E-state index in [0.29, 0.717) is 11.5 Å². The second-order valence-electron chi connectivity index (χ2n) is 5.69. The van der Waals surface area contributed by atoms with Gasteiger partial charge in [-0.05, 0) is 62.4 Å². The van der Waals surface area contributed by atoms with Crippen LogP contribution in [0.15, 0.2) is 48.5 Å². The number of nitrogens with one attached hydrogen (secondary N) is 2. The van der Waals surface area contributed by atoms with Crippen LogP contribution in [0.4, 0.5) is 18.0 Å². The Kier molecular flexibility index (Phi) is 7.29. The lowest BCUT2D eigenvalue weighted by molar-refractivity contribution is -0.137. The molecule has 10 heteroatoms. The number of rotatable bonds is 6. The van der Waals surface area contributed by atoms with Crippen molar-refractivity contribution in [1.82, 2.24) is 10.9 Å². The molecule has 2 aromatic rings. The maximum absolute atomic E-state index is 12.6. The van der Waals surface area contributed by atoms with Gasteiger partial charge in [-0.3, -0.25) is 10.2 Å². The van der Waals surface area contributed by atoms with E-state index in [9.17, 15) is 22.8 Å². The van der Waals surface area contributed by atoms with Gasteiger partial charge in [0.15, 0.2) is 6.10 Å². The van der Waals surface area contributed by atoms with Crippen LogP contribution in [0.5, 0.6) is 17.2 Å². The van der Waals surface area contributed by atoms with Crippen molar-refractivity contribution in [2.75, 3.05) is 6.61 Å². The van der Waals surface area contributed by atoms with Crippen LogP contribution >= 0.6 is 0 Å². The van der Waals surface area contributed by atoms with Gasteiger partial charge in [0, 0.05) is 0 Å². The predicted octanol–water partition coefficient (Wildman–Crippen LogP) is 4.04. The van der Waals surface area contributed by atoms with Gasteiger partial charge in [0.05, 0.1) is 12.2 Å². The Bertz CT molecular complexity index is 823. The van der Waals surface area contributed by atoms with Crippen molar-refractivity contribution < 1.29 is 37.0 Å². The summed E-state index contributed by atoms with van der Waals surface area (Å²) in [5.41, 5.74) is 3.46. The first kappa shape index (κ1) is 21.9. The highest BCUT2D eigenvalue weighted by Crippen LogP contribution is 2.31. The minimum absolute atomic E-state index is 0.161. The Hall–Kier alpha value is -3.43. The Morgan fingerprint density at radius 1 is 0.931 bits per heavy atom. The fourth-order valence-corrected chi connectivity index (χ4v) is 2.07. The normalized spacial score (nSPS) is 11.9. The maximum Gasteiger partial charge on any atom is 0.426 e. The number of benzene rings is 2. The van der Waals surface area contributed by atoms with E-state index in [-0.39, 0.29) is 12.4 Å². The summed E-state index contributed by atoms with van der Waals surface area (Å²) in [7, 11) is 0. The Labute approximate surface area is 164 Å². The van der Waals surface area contributed by atoms with Crippen LogP contribution in [-0.4, -0.2) is 24.7 Å². The van der Waals surface area contributed by atoms with Crippen molar-refractivity contribution in [3.63, 3.8) is 0 Å². The van der Waals surface area contributed by atoms with Crippen molar-refractivity contribution >= 4 is 12.0 Å². The molecule has 0 heterocycles. The molecule has 1 unspecified atom stereocenters. The van der Waals surface area contributed by atoms with Gasteiger partial charge in [0.2, 0.25) is 0 Å². The second-order valence-corrected chi connectivity index (χ2v) is 5.69. The van der Waals surface area contributed by atoms with Crippen LogP contribution in [-0.2, 0) is 15.7 Å². The number of hydrogen-bond donors (Lipinski definition) is 2. The van der Waals surface area contributed by atoms with Gasteiger partial charge >= 0.3 is 12.3 Å². The molecule has 0 spiro atoms. The highest BCUT2D eigenvalue weighted by Gasteiger charge is 2.30. The van der Waals surface area contributed by atoms with E-state index in [1.54, 1.807) is 6.92 Å². The summed E-state index contributed by atoms with van der Waals surface area (Å²) in [4.78, 5) is 23.0. The summed E-state index contributed by atoms with van der Waals surface area (Å²) in [5.74, 6) is 0.370. The molecule has 0 bridgehead atoms. The third-order valence-corrected chi connectivity index (χ3v) is 3.49. The van der Waals surface area contributed by atoms with Crippen LogP contribution < -0.4 is 20.3 Å². The molecule has 2 rings (SSSR count). The van der Waals surface area contributed by atoms with Crippen LogP contribution in [0.25, 0.3) is 0 Å². The lowest BCUT2D eigenvalue weighted by Gasteiger charge is -2.15. The Morgan fingerprint density at radius 3 is 1.97 bits per heavy atom. The first-order chi connectivity index (χ1) is 13.7. The number of carbonyl (C=O) groups excluding carboxylic acids is 2. The molecule has 7 nitrogen and oxygen atoms in total. The number of carbonyl (C=O) groups is 2. The largest absolute Gasteiger partial charge is 0.481 e. The van der Waals surface area contributed by atoms with E-state index in [0.717, 1.165) is 12.1 Å². The lowest BCUT2D eigenvalue weighted by Crippen LogP contribution is -2.47. The van der Waals surface area contributed by atoms with Gasteiger partial charge in [0.25, 0.3) is 5.91 Å². The second kappa shape index (κ2) is 9.67. The van der Waals surface area contributed by atoms with Crippen molar-refractivity contribution in [2.45, 2.75) is 26.1 Å². The number of ether oxygens (including phenoxy) is 3. The fraction of sp³-hybridized carbons (Fsp3) is 0.263. The number of amides is 2. The van der Waals surface area contributed by atoms with E-state index in [2.05, 4.69) is 15.6 Å². The highest BCUT2D eigenvalue weighted by atomic mass is 19.4. The average Bonchev–Trinajstić information content (AvgIpc) is 2.67. The lowest BCUT2D eigenvalue weighted by atomic mass is 10.2. The van der Waals surface area contributed by atoms with Gasteiger partial charge in [0.1, 0.15) is 17.2 Å². The third kappa shape index (κ3) is 6.91. The minimum atomic E-state index is -4.41. The fourth-order valence-electron chi connectivity index (χ4n) is 2.07. The molecule has 0 saturated heterocycles. The van der Waals surface area contributed by atoms with Crippen LogP contribution in [0.3, 0.4) is 0 Å². The monoisotopic (exact) mass is 412 g/mol. The number of hydrogen-bond acceptors (Lipinski definition) is 5. The maximum atomic E-state index is 12.6. The standard InChI is InChI=1S/C19H19F3N2O5/c1-3-27-18(26)24-23-17(25)12(2)28-14-8-10-16(11-9-14)29-15-6-4-13(5-7-15)19(20,21)22/h4-12H,3H2,1-2H3,(H,23,25)(H,24,26). The summed E-state index contributed by atoms with van der Waals surface area (Å²) in [6.07, 6.45) is -6.12. The molecule has 0 aliphatic heterocycles. The van der Waals surface area contributed by atoms with Crippen LogP contribution in [0, 0.1) is 0 Å². The number of halogens is 3. The number of alkyl halides is 3.